The highest BCUT2D eigenvalue weighted by Crippen LogP contribution is 2.41. The van der Waals surface area contributed by atoms with Crippen molar-refractivity contribution in [2.24, 2.45) is 0 Å². The Bertz CT molecular complexity index is 292. The van der Waals surface area contributed by atoms with E-state index in [0.29, 0.717) is 18.4 Å². The lowest BCUT2D eigenvalue weighted by atomic mass is 9.75. The topological polar surface area (TPSA) is 20.2 Å². The highest BCUT2D eigenvalue weighted by molar-refractivity contribution is 5.26. The Hall–Kier alpha value is -0.890. The van der Waals surface area contributed by atoms with Gasteiger partial charge in [0.2, 0.25) is 0 Å². The summed E-state index contributed by atoms with van der Waals surface area (Å²) in [5.41, 5.74) is -0.415. The van der Waals surface area contributed by atoms with E-state index >= 15 is 0 Å². The van der Waals surface area contributed by atoms with Crippen molar-refractivity contribution < 1.29 is 9.50 Å². The van der Waals surface area contributed by atoms with Crippen LogP contribution < -0.4 is 0 Å². The standard InChI is InChI=1S/C10H11FO/c11-9-5-2-1-4-8(9)10(12)6-3-7-10/h1-2,4-5,12H,3,6-7H2. The average Bonchev–Trinajstić information content (AvgIpc) is 2.01. The van der Waals surface area contributed by atoms with E-state index in [9.17, 15) is 9.50 Å². The van der Waals surface area contributed by atoms with E-state index in [1.54, 1.807) is 18.2 Å². The Labute approximate surface area is 70.8 Å². The van der Waals surface area contributed by atoms with Gasteiger partial charge in [-0.3, -0.25) is 0 Å². The monoisotopic (exact) mass is 166 g/mol. The summed E-state index contributed by atoms with van der Waals surface area (Å²) in [5.74, 6) is -0.292. The minimum Gasteiger partial charge on any atom is -0.385 e. The van der Waals surface area contributed by atoms with E-state index in [1.165, 1.54) is 6.07 Å². The summed E-state index contributed by atoms with van der Waals surface area (Å²) in [6.07, 6.45) is 2.37. The zero-order valence-electron chi connectivity index (χ0n) is 6.76. The van der Waals surface area contributed by atoms with Crippen LogP contribution in [0.15, 0.2) is 24.3 Å². The highest BCUT2D eigenvalue weighted by atomic mass is 19.1. The van der Waals surface area contributed by atoms with Gasteiger partial charge in [-0.25, -0.2) is 4.39 Å². The van der Waals surface area contributed by atoms with Crippen molar-refractivity contribution in [1.29, 1.82) is 0 Å². The molecular weight excluding hydrogens is 155 g/mol. The van der Waals surface area contributed by atoms with Crippen LogP contribution in [0.25, 0.3) is 0 Å². The van der Waals surface area contributed by atoms with Crippen LogP contribution in [0.1, 0.15) is 24.8 Å². The van der Waals surface area contributed by atoms with E-state index in [1.807, 2.05) is 0 Å². The maximum atomic E-state index is 13.1. The van der Waals surface area contributed by atoms with E-state index in [4.69, 9.17) is 0 Å². The third-order valence-corrected chi connectivity index (χ3v) is 2.56. The molecule has 12 heavy (non-hydrogen) atoms. The van der Waals surface area contributed by atoms with E-state index in [-0.39, 0.29) is 5.82 Å². The Balaban J connectivity index is 2.39. The van der Waals surface area contributed by atoms with Gasteiger partial charge in [0.1, 0.15) is 5.82 Å². The number of hydrogen-bond acceptors (Lipinski definition) is 1. The average molecular weight is 166 g/mol. The molecule has 64 valence electrons. The SMILES string of the molecule is OC1(c2ccccc2F)CCC1. The summed E-state index contributed by atoms with van der Waals surface area (Å²) in [5, 5.41) is 9.82. The zero-order chi connectivity index (χ0) is 8.60. The second-order valence-electron chi connectivity index (χ2n) is 3.36. The van der Waals surface area contributed by atoms with Crippen molar-refractivity contribution in [3.8, 4) is 0 Å². The fourth-order valence-electron chi connectivity index (χ4n) is 1.62. The van der Waals surface area contributed by atoms with Crippen molar-refractivity contribution in [1.82, 2.24) is 0 Å². The molecule has 1 aliphatic rings. The Morgan fingerprint density at radius 3 is 2.42 bits per heavy atom. The third-order valence-electron chi connectivity index (χ3n) is 2.56. The van der Waals surface area contributed by atoms with Gasteiger partial charge in [0.15, 0.2) is 0 Å². The van der Waals surface area contributed by atoms with Gasteiger partial charge >= 0.3 is 0 Å². The van der Waals surface area contributed by atoms with Gasteiger partial charge in [0.05, 0.1) is 5.60 Å². The maximum absolute atomic E-state index is 13.1. The molecule has 1 aromatic carbocycles. The number of aliphatic hydroxyl groups is 1. The molecule has 1 aliphatic carbocycles. The van der Waals surface area contributed by atoms with Crippen molar-refractivity contribution >= 4 is 0 Å². The quantitative estimate of drug-likeness (QED) is 0.678. The Morgan fingerprint density at radius 1 is 1.25 bits per heavy atom. The molecule has 2 rings (SSSR count). The van der Waals surface area contributed by atoms with Gasteiger partial charge in [0, 0.05) is 5.56 Å². The van der Waals surface area contributed by atoms with Gasteiger partial charge in [-0.05, 0) is 25.3 Å². The summed E-state index contributed by atoms with van der Waals surface area (Å²) in [7, 11) is 0. The molecule has 0 aliphatic heterocycles. The van der Waals surface area contributed by atoms with Gasteiger partial charge in [-0.1, -0.05) is 18.2 Å². The minimum absolute atomic E-state index is 0.292. The van der Waals surface area contributed by atoms with Gasteiger partial charge in [-0.15, -0.1) is 0 Å². The molecule has 0 radical (unpaired) electrons. The summed E-state index contributed by atoms with van der Waals surface area (Å²) in [6.45, 7) is 0. The summed E-state index contributed by atoms with van der Waals surface area (Å²) in [6, 6.07) is 6.45. The molecule has 0 amide bonds. The molecule has 1 fully saturated rings. The van der Waals surface area contributed by atoms with E-state index in [2.05, 4.69) is 0 Å². The van der Waals surface area contributed by atoms with Crippen LogP contribution in [0.3, 0.4) is 0 Å². The summed E-state index contributed by atoms with van der Waals surface area (Å²) >= 11 is 0. The number of rotatable bonds is 1. The van der Waals surface area contributed by atoms with Crippen molar-refractivity contribution in [2.45, 2.75) is 24.9 Å². The van der Waals surface area contributed by atoms with Crippen LogP contribution in [-0.4, -0.2) is 5.11 Å². The fraction of sp³-hybridized carbons (Fsp3) is 0.400. The minimum atomic E-state index is -0.870. The molecule has 2 heteroatoms. The first-order valence-electron chi connectivity index (χ1n) is 4.20. The third kappa shape index (κ3) is 1.03. The molecule has 0 unspecified atom stereocenters. The second-order valence-corrected chi connectivity index (χ2v) is 3.36. The van der Waals surface area contributed by atoms with Gasteiger partial charge in [-0.2, -0.15) is 0 Å². The summed E-state index contributed by atoms with van der Waals surface area (Å²) < 4.78 is 13.1. The molecule has 0 aromatic heterocycles. The molecular formula is C10H11FO. The van der Waals surface area contributed by atoms with Crippen LogP contribution in [0.4, 0.5) is 4.39 Å². The molecule has 1 saturated carbocycles. The van der Waals surface area contributed by atoms with E-state index in [0.717, 1.165) is 6.42 Å². The van der Waals surface area contributed by atoms with Crippen LogP contribution in [0.5, 0.6) is 0 Å². The van der Waals surface area contributed by atoms with Crippen molar-refractivity contribution in [3.63, 3.8) is 0 Å². The maximum Gasteiger partial charge on any atom is 0.129 e. The first kappa shape index (κ1) is 7.74. The molecule has 1 nitrogen and oxygen atoms in total. The molecule has 1 aromatic rings. The van der Waals surface area contributed by atoms with Crippen LogP contribution in [-0.2, 0) is 5.60 Å². The largest absolute Gasteiger partial charge is 0.385 e. The van der Waals surface area contributed by atoms with Crippen molar-refractivity contribution in [2.75, 3.05) is 0 Å². The van der Waals surface area contributed by atoms with Crippen LogP contribution in [0, 0.1) is 5.82 Å². The van der Waals surface area contributed by atoms with Crippen LogP contribution >= 0.6 is 0 Å². The second kappa shape index (κ2) is 2.56. The number of hydrogen-bond donors (Lipinski definition) is 1. The van der Waals surface area contributed by atoms with Crippen molar-refractivity contribution in [3.05, 3.63) is 35.6 Å². The lowest BCUT2D eigenvalue weighted by molar-refractivity contribution is -0.0416. The molecule has 0 spiro atoms. The smallest absolute Gasteiger partial charge is 0.129 e. The summed E-state index contributed by atoms with van der Waals surface area (Å²) in [4.78, 5) is 0. The highest BCUT2D eigenvalue weighted by Gasteiger charge is 2.37. The predicted molar refractivity (Wildman–Crippen MR) is 44.1 cm³/mol. The first-order chi connectivity index (χ1) is 5.72. The first-order valence-corrected chi connectivity index (χ1v) is 4.20. The molecule has 0 bridgehead atoms. The van der Waals surface area contributed by atoms with Gasteiger partial charge in [0.25, 0.3) is 0 Å². The lowest BCUT2D eigenvalue weighted by Crippen LogP contribution is -2.34. The zero-order valence-corrected chi connectivity index (χ0v) is 6.76. The lowest BCUT2D eigenvalue weighted by Gasteiger charge is -2.37. The van der Waals surface area contributed by atoms with Gasteiger partial charge < -0.3 is 5.11 Å². The Kier molecular flexibility index (Phi) is 1.65. The van der Waals surface area contributed by atoms with Crippen LogP contribution in [0.2, 0.25) is 0 Å². The normalized spacial score (nSPS) is 20.2. The molecule has 0 heterocycles. The number of benzene rings is 1. The number of halogens is 1. The molecule has 1 N–H and O–H groups in total. The van der Waals surface area contributed by atoms with E-state index < -0.39 is 5.60 Å². The molecule has 0 atom stereocenters. The fourth-order valence-corrected chi connectivity index (χ4v) is 1.62. The Morgan fingerprint density at radius 2 is 1.92 bits per heavy atom. The predicted octanol–water partition coefficient (Wildman–Crippen LogP) is 2.20. The molecule has 0 saturated heterocycles.